The molecule has 1 atom stereocenters. The van der Waals surface area contributed by atoms with Crippen LogP contribution in [-0.2, 0) is 19.6 Å². The molecule has 0 spiro atoms. The molecule has 166 valence electrons. The van der Waals surface area contributed by atoms with E-state index < -0.39 is 15.9 Å². The van der Waals surface area contributed by atoms with Crippen molar-refractivity contribution >= 4 is 39.1 Å². The summed E-state index contributed by atoms with van der Waals surface area (Å²) in [6.07, 6.45) is 0.138. The fraction of sp³-hybridized carbons (Fsp3) is 0.450. The van der Waals surface area contributed by atoms with Gasteiger partial charge in [-0.05, 0) is 38.1 Å². The number of piperazine rings is 1. The molecule has 0 aliphatic carbocycles. The van der Waals surface area contributed by atoms with Gasteiger partial charge in [0.1, 0.15) is 10.6 Å². The third-order valence-electron chi connectivity index (χ3n) is 5.73. The summed E-state index contributed by atoms with van der Waals surface area (Å²) in [6, 6.07) is 6.92. The van der Waals surface area contributed by atoms with Gasteiger partial charge in [0.05, 0.1) is 5.92 Å². The van der Waals surface area contributed by atoms with E-state index in [1.54, 1.807) is 47.9 Å². The molecule has 2 saturated heterocycles. The van der Waals surface area contributed by atoms with Crippen molar-refractivity contribution in [3.63, 3.8) is 0 Å². The first-order valence-corrected chi connectivity index (χ1v) is 11.8. The molecule has 1 unspecified atom stereocenters. The number of hydrogen-bond acceptors (Lipinski definition) is 6. The van der Waals surface area contributed by atoms with Crippen molar-refractivity contribution in [2.45, 2.75) is 25.2 Å². The molecule has 2 aliphatic rings. The van der Waals surface area contributed by atoms with Crippen LogP contribution in [0.2, 0.25) is 5.02 Å². The lowest BCUT2D eigenvalue weighted by molar-refractivity contribution is -0.136. The second-order valence-corrected chi connectivity index (χ2v) is 10.1. The molecule has 3 heterocycles. The van der Waals surface area contributed by atoms with Crippen molar-refractivity contribution in [2.24, 2.45) is 5.92 Å². The molecule has 2 aliphatic heterocycles. The minimum atomic E-state index is -3.74. The van der Waals surface area contributed by atoms with E-state index in [1.165, 1.54) is 4.31 Å². The number of rotatable bonds is 4. The van der Waals surface area contributed by atoms with Crippen molar-refractivity contribution in [1.29, 1.82) is 0 Å². The van der Waals surface area contributed by atoms with E-state index in [0.717, 1.165) is 0 Å². The molecule has 0 radical (unpaired) electrons. The summed E-state index contributed by atoms with van der Waals surface area (Å²) in [6.45, 7) is 4.36. The van der Waals surface area contributed by atoms with Gasteiger partial charge in [0, 0.05) is 49.9 Å². The zero-order valence-corrected chi connectivity index (χ0v) is 18.8. The minimum Gasteiger partial charge on any atom is -0.360 e. The molecule has 0 N–H and O–H groups in total. The summed E-state index contributed by atoms with van der Waals surface area (Å²) in [4.78, 5) is 28.8. The van der Waals surface area contributed by atoms with Gasteiger partial charge in [-0.1, -0.05) is 16.8 Å². The molecule has 0 saturated carbocycles. The number of sulfonamides is 1. The molecule has 9 nitrogen and oxygen atoms in total. The average molecular weight is 467 g/mol. The normalized spacial score (nSPS) is 20.5. The largest absolute Gasteiger partial charge is 0.360 e. The Balaban J connectivity index is 1.40. The van der Waals surface area contributed by atoms with Crippen LogP contribution in [0.1, 0.15) is 17.9 Å². The summed E-state index contributed by atoms with van der Waals surface area (Å²) in [5, 5.41) is 4.30. The van der Waals surface area contributed by atoms with Gasteiger partial charge in [-0.15, -0.1) is 0 Å². The minimum absolute atomic E-state index is 0.0901. The second-order valence-electron chi connectivity index (χ2n) is 7.76. The molecular weight excluding hydrogens is 444 g/mol. The van der Waals surface area contributed by atoms with Crippen LogP contribution in [0.3, 0.4) is 0 Å². The van der Waals surface area contributed by atoms with Crippen molar-refractivity contribution in [3.05, 3.63) is 40.7 Å². The van der Waals surface area contributed by atoms with E-state index >= 15 is 0 Å². The quantitative estimate of drug-likeness (QED) is 0.680. The maximum absolute atomic E-state index is 13.0. The molecular formula is C20H23ClN4O5S. The summed E-state index contributed by atoms with van der Waals surface area (Å²) < 4.78 is 32.3. The number of carbonyl (C=O) groups is 2. The van der Waals surface area contributed by atoms with E-state index in [1.807, 2.05) is 0 Å². The topological polar surface area (TPSA) is 104 Å². The van der Waals surface area contributed by atoms with Crippen LogP contribution in [0.5, 0.6) is 0 Å². The number of aryl methyl sites for hydroxylation is 2. The number of hydrogen-bond donors (Lipinski definition) is 0. The maximum Gasteiger partial charge on any atom is 0.248 e. The standard InChI is InChI=1S/C20H23ClN4O5S/c1-13-19(14(2)30-22-13)31(28,29)24-9-7-23(8-10-24)20(27)15-11-18(26)25(12-15)17-5-3-16(21)4-6-17/h3-6,15H,7-12H2,1-2H3. The Morgan fingerprint density at radius 1 is 1.13 bits per heavy atom. The highest BCUT2D eigenvalue weighted by atomic mass is 35.5. The van der Waals surface area contributed by atoms with Gasteiger partial charge < -0.3 is 14.3 Å². The molecule has 4 rings (SSSR count). The van der Waals surface area contributed by atoms with Gasteiger partial charge >= 0.3 is 0 Å². The smallest absolute Gasteiger partial charge is 0.248 e. The Morgan fingerprint density at radius 2 is 1.77 bits per heavy atom. The van der Waals surface area contributed by atoms with Crippen molar-refractivity contribution < 1.29 is 22.5 Å². The number of carbonyl (C=O) groups excluding carboxylic acids is 2. The lowest BCUT2D eigenvalue weighted by Gasteiger charge is -2.35. The van der Waals surface area contributed by atoms with Crippen LogP contribution in [0.25, 0.3) is 0 Å². The lowest BCUT2D eigenvalue weighted by Crippen LogP contribution is -2.52. The Labute approximate surface area is 185 Å². The highest BCUT2D eigenvalue weighted by Crippen LogP contribution is 2.29. The molecule has 2 fully saturated rings. The van der Waals surface area contributed by atoms with Crippen LogP contribution in [0.15, 0.2) is 33.7 Å². The van der Waals surface area contributed by atoms with Gasteiger partial charge in [0.25, 0.3) is 0 Å². The summed E-state index contributed by atoms with van der Waals surface area (Å²) >= 11 is 5.91. The van der Waals surface area contributed by atoms with Crippen molar-refractivity contribution in [3.8, 4) is 0 Å². The number of amides is 2. The van der Waals surface area contributed by atoms with E-state index in [0.29, 0.717) is 22.9 Å². The summed E-state index contributed by atoms with van der Waals surface area (Å²) in [5.41, 5.74) is 1.03. The SMILES string of the molecule is Cc1noc(C)c1S(=O)(=O)N1CCN(C(=O)C2CC(=O)N(c3ccc(Cl)cc3)C2)CC1. The molecule has 2 aromatic rings. The van der Waals surface area contributed by atoms with Crippen molar-refractivity contribution in [1.82, 2.24) is 14.4 Å². The Kier molecular flexibility index (Phi) is 5.80. The molecule has 31 heavy (non-hydrogen) atoms. The first-order chi connectivity index (χ1) is 14.7. The fourth-order valence-corrected chi connectivity index (χ4v) is 5.96. The Bertz CT molecular complexity index is 1090. The molecule has 2 amide bonds. The van der Waals surface area contributed by atoms with E-state index in [2.05, 4.69) is 5.16 Å². The third-order valence-corrected chi connectivity index (χ3v) is 8.12. The Hall–Kier alpha value is -2.43. The summed E-state index contributed by atoms with van der Waals surface area (Å²) in [5.74, 6) is -0.434. The average Bonchev–Trinajstić information content (AvgIpc) is 3.30. The van der Waals surface area contributed by atoms with Gasteiger partial charge in [0.15, 0.2) is 5.76 Å². The summed E-state index contributed by atoms with van der Waals surface area (Å²) in [7, 11) is -3.74. The van der Waals surface area contributed by atoms with E-state index in [9.17, 15) is 18.0 Å². The molecule has 1 aromatic carbocycles. The Morgan fingerprint density at radius 3 is 2.35 bits per heavy atom. The van der Waals surface area contributed by atoms with Gasteiger partial charge in [-0.2, -0.15) is 4.31 Å². The number of aromatic nitrogens is 1. The van der Waals surface area contributed by atoms with E-state index in [-0.39, 0.29) is 55.1 Å². The monoisotopic (exact) mass is 466 g/mol. The highest BCUT2D eigenvalue weighted by Gasteiger charge is 2.39. The van der Waals surface area contributed by atoms with Gasteiger partial charge in [-0.3, -0.25) is 9.59 Å². The molecule has 1 aromatic heterocycles. The zero-order valence-electron chi connectivity index (χ0n) is 17.2. The fourth-order valence-electron chi connectivity index (χ4n) is 4.12. The maximum atomic E-state index is 13.0. The molecule has 0 bridgehead atoms. The number of halogens is 1. The predicted octanol–water partition coefficient (Wildman–Crippen LogP) is 1.83. The number of nitrogens with zero attached hydrogens (tertiary/aromatic N) is 4. The van der Waals surface area contributed by atoms with Crippen LogP contribution in [0, 0.1) is 19.8 Å². The first-order valence-electron chi connectivity index (χ1n) is 9.96. The number of anilines is 1. The molecule has 11 heteroatoms. The van der Waals surface area contributed by atoms with Gasteiger partial charge in [0.2, 0.25) is 21.8 Å². The first kappa shape index (κ1) is 21.8. The third kappa shape index (κ3) is 4.07. The predicted molar refractivity (Wildman–Crippen MR) is 113 cm³/mol. The van der Waals surface area contributed by atoms with E-state index in [4.69, 9.17) is 16.1 Å². The van der Waals surface area contributed by atoms with Crippen LogP contribution in [-0.4, -0.2) is 67.3 Å². The van der Waals surface area contributed by atoms with Crippen LogP contribution < -0.4 is 4.90 Å². The second kappa shape index (κ2) is 8.25. The lowest BCUT2D eigenvalue weighted by atomic mass is 10.1. The zero-order chi connectivity index (χ0) is 22.3. The van der Waals surface area contributed by atoms with Crippen LogP contribution >= 0.6 is 11.6 Å². The number of benzene rings is 1. The highest BCUT2D eigenvalue weighted by molar-refractivity contribution is 7.89. The van der Waals surface area contributed by atoms with Crippen molar-refractivity contribution in [2.75, 3.05) is 37.6 Å². The van der Waals surface area contributed by atoms with Gasteiger partial charge in [-0.25, -0.2) is 8.42 Å². The van der Waals surface area contributed by atoms with Crippen LogP contribution in [0.4, 0.5) is 5.69 Å².